The third-order valence-electron chi connectivity index (χ3n) is 5.89. The fourth-order valence-corrected chi connectivity index (χ4v) is 4.40. The van der Waals surface area contributed by atoms with Gasteiger partial charge in [0.15, 0.2) is 9.84 Å². The quantitative estimate of drug-likeness (QED) is 0.465. The first-order valence-electron chi connectivity index (χ1n) is 11.2. The lowest BCUT2D eigenvalue weighted by atomic mass is 9.96. The fourth-order valence-electron chi connectivity index (χ4n) is 3.77. The van der Waals surface area contributed by atoms with Gasteiger partial charge in [-0.25, -0.2) is 12.8 Å². The molecule has 0 saturated heterocycles. The molecule has 194 valence electrons. The van der Waals surface area contributed by atoms with E-state index in [4.69, 9.17) is 0 Å². The molecule has 1 amide bonds. The van der Waals surface area contributed by atoms with Crippen molar-refractivity contribution in [2.75, 3.05) is 6.26 Å². The highest BCUT2D eigenvalue weighted by Gasteiger charge is 2.48. The molecule has 1 saturated carbocycles. The third-order valence-corrected chi connectivity index (χ3v) is 7.02. The highest BCUT2D eigenvalue weighted by molar-refractivity contribution is 7.90. The van der Waals surface area contributed by atoms with Gasteiger partial charge in [-0.05, 0) is 55.5 Å². The normalized spacial score (nSPS) is 17.1. The molecule has 6 nitrogen and oxygen atoms in total. The van der Waals surface area contributed by atoms with Crippen LogP contribution in [0.3, 0.4) is 0 Å². The van der Waals surface area contributed by atoms with Crippen LogP contribution < -0.4 is 10.6 Å². The van der Waals surface area contributed by atoms with Crippen molar-refractivity contribution < 1.29 is 30.8 Å². The number of carbonyl (C=O) groups excluding carboxylic acids is 1. The van der Waals surface area contributed by atoms with Gasteiger partial charge in [-0.3, -0.25) is 10.1 Å². The summed E-state index contributed by atoms with van der Waals surface area (Å²) >= 11 is 0. The zero-order valence-corrected chi connectivity index (χ0v) is 20.8. The first-order valence-corrected chi connectivity index (χ1v) is 13.1. The van der Waals surface area contributed by atoms with E-state index in [2.05, 4.69) is 10.6 Å². The molecule has 0 aliphatic heterocycles. The van der Waals surface area contributed by atoms with Gasteiger partial charge in [0.1, 0.15) is 17.2 Å². The zero-order valence-electron chi connectivity index (χ0n) is 20.0. The molecule has 2 N–H and O–H groups in total. The van der Waals surface area contributed by atoms with Gasteiger partial charge in [-0.2, -0.15) is 18.4 Å². The van der Waals surface area contributed by atoms with Crippen LogP contribution in [0, 0.1) is 11.3 Å². The monoisotopic (exact) mass is 525 g/mol. The van der Waals surface area contributed by atoms with Gasteiger partial charge < -0.3 is 5.32 Å². The van der Waals surface area contributed by atoms with Crippen LogP contribution in [0.15, 0.2) is 53.4 Å². The Hall–Kier alpha value is -2.97. The summed E-state index contributed by atoms with van der Waals surface area (Å²) in [5, 5.41) is 13.9. The first kappa shape index (κ1) is 27.6. The molecule has 2 aromatic rings. The number of nitriles is 1. The summed E-state index contributed by atoms with van der Waals surface area (Å²) in [6, 6.07) is 9.47. The van der Waals surface area contributed by atoms with Gasteiger partial charge in [0.05, 0.1) is 17.0 Å². The number of rotatable bonds is 9. The minimum Gasteiger partial charge on any atom is -0.336 e. The summed E-state index contributed by atoms with van der Waals surface area (Å²) in [5.41, 5.74) is -2.08. The predicted octanol–water partition coefficient (Wildman–Crippen LogP) is 4.63. The average molecular weight is 526 g/mol. The molecule has 36 heavy (non-hydrogen) atoms. The summed E-state index contributed by atoms with van der Waals surface area (Å²) in [5.74, 6) is -0.864. The SMILES string of the molecule is CC(C)(F)C[C@H](NC(c1ccc(-c2ccc(S(C)(=O)=O)cc2)cc1)C(F)(F)F)C(=O)NC1(C#N)CC1. The van der Waals surface area contributed by atoms with Crippen molar-refractivity contribution in [2.45, 2.75) is 67.5 Å². The van der Waals surface area contributed by atoms with Crippen LogP contribution in [0.4, 0.5) is 17.6 Å². The highest BCUT2D eigenvalue weighted by atomic mass is 32.2. The molecule has 0 bridgehead atoms. The number of amides is 1. The van der Waals surface area contributed by atoms with Crippen LogP contribution in [-0.2, 0) is 14.6 Å². The molecule has 0 heterocycles. The Balaban J connectivity index is 1.86. The molecule has 2 atom stereocenters. The standard InChI is InChI=1S/C25H27F4N3O3S/c1-23(2,26)14-20(22(33)32-24(15-30)12-13-24)31-21(25(27,28)29)18-6-4-16(5-7-18)17-8-10-19(11-9-17)36(3,34)35/h4-11,20-21,31H,12-14H2,1-3H3,(H,32,33)/t20-,21?/m0/s1. The molecule has 0 aromatic heterocycles. The Morgan fingerprint density at radius 3 is 1.92 bits per heavy atom. The molecular weight excluding hydrogens is 498 g/mol. The van der Waals surface area contributed by atoms with Gasteiger partial charge in [0.2, 0.25) is 5.91 Å². The molecule has 1 fully saturated rings. The van der Waals surface area contributed by atoms with E-state index >= 15 is 0 Å². The summed E-state index contributed by atoms with van der Waals surface area (Å²) in [6.45, 7) is 2.33. The van der Waals surface area contributed by atoms with Gasteiger partial charge in [0, 0.05) is 12.7 Å². The van der Waals surface area contributed by atoms with Crippen LogP contribution in [0.1, 0.15) is 44.7 Å². The predicted molar refractivity (Wildman–Crippen MR) is 126 cm³/mol. The van der Waals surface area contributed by atoms with Gasteiger partial charge in [0.25, 0.3) is 0 Å². The van der Waals surface area contributed by atoms with Gasteiger partial charge in [-0.15, -0.1) is 0 Å². The lowest BCUT2D eigenvalue weighted by molar-refractivity contribution is -0.161. The van der Waals surface area contributed by atoms with E-state index in [-0.39, 0.29) is 10.5 Å². The number of halogens is 4. The molecule has 2 aromatic carbocycles. The molecule has 0 radical (unpaired) electrons. The number of alkyl halides is 4. The summed E-state index contributed by atoms with van der Waals surface area (Å²) in [7, 11) is -3.39. The maximum Gasteiger partial charge on any atom is 0.407 e. The largest absolute Gasteiger partial charge is 0.407 e. The average Bonchev–Trinajstić information content (AvgIpc) is 3.54. The molecule has 1 aliphatic rings. The van der Waals surface area contributed by atoms with Crippen molar-refractivity contribution in [1.82, 2.24) is 10.6 Å². The zero-order chi connectivity index (χ0) is 26.9. The van der Waals surface area contributed by atoms with E-state index in [1.807, 2.05) is 6.07 Å². The van der Waals surface area contributed by atoms with E-state index < -0.39 is 51.6 Å². The lowest BCUT2D eigenvalue weighted by Crippen LogP contribution is -2.53. The topological polar surface area (TPSA) is 99.1 Å². The molecule has 1 unspecified atom stereocenters. The number of benzene rings is 2. The number of nitrogens with one attached hydrogen (secondary N) is 2. The van der Waals surface area contributed by atoms with E-state index in [1.54, 1.807) is 12.1 Å². The van der Waals surface area contributed by atoms with Crippen molar-refractivity contribution in [3.05, 3.63) is 54.1 Å². The summed E-state index contributed by atoms with van der Waals surface area (Å²) < 4.78 is 79.9. The van der Waals surface area contributed by atoms with E-state index in [9.17, 15) is 36.0 Å². The minimum atomic E-state index is -4.80. The maximum atomic E-state index is 14.4. The van der Waals surface area contributed by atoms with Gasteiger partial charge in [-0.1, -0.05) is 36.4 Å². The van der Waals surface area contributed by atoms with Crippen LogP contribution in [0.25, 0.3) is 11.1 Å². The number of nitrogens with zero attached hydrogens (tertiary/aromatic N) is 1. The molecule has 0 spiro atoms. The number of hydrogen-bond donors (Lipinski definition) is 2. The molecular formula is C25H27F4N3O3S. The number of hydrogen-bond acceptors (Lipinski definition) is 5. The third kappa shape index (κ3) is 7.04. The molecule has 3 rings (SSSR count). The van der Waals surface area contributed by atoms with Crippen molar-refractivity contribution >= 4 is 15.7 Å². The van der Waals surface area contributed by atoms with Crippen molar-refractivity contribution in [2.24, 2.45) is 0 Å². The van der Waals surface area contributed by atoms with E-state index in [0.29, 0.717) is 24.0 Å². The van der Waals surface area contributed by atoms with E-state index in [0.717, 1.165) is 6.26 Å². The fraction of sp³-hybridized carbons (Fsp3) is 0.440. The van der Waals surface area contributed by atoms with Gasteiger partial charge >= 0.3 is 6.18 Å². The van der Waals surface area contributed by atoms with Crippen LogP contribution in [0.5, 0.6) is 0 Å². The number of carbonyl (C=O) groups is 1. The summed E-state index contributed by atoms with van der Waals surface area (Å²) in [4.78, 5) is 12.9. The highest BCUT2D eigenvalue weighted by Crippen LogP contribution is 2.37. The Morgan fingerprint density at radius 1 is 1.03 bits per heavy atom. The second kappa shape index (κ2) is 9.82. The Bertz CT molecular complexity index is 1240. The number of sulfone groups is 1. The minimum absolute atomic E-state index is 0.119. The Morgan fingerprint density at radius 2 is 1.53 bits per heavy atom. The summed E-state index contributed by atoms with van der Waals surface area (Å²) in [6.07, 6.45) is -3.49. The van der Waals surface area contributed by atoms with Crippen molar-refractivity contribution in [1.29, 1.82) is 5.26 Å². The molecule has 1 aliphatic carbocycles. The smallest absolute Gasteiger partial charge is 0.336 e. The van der Waals surface area contributed by atoms with E-state index in [1.165, 1.54) is 50.2 Å². The Kier molecular flexibility index (Phi) is 7.54. The lowest BCUT2D eigenvalue weighted by Gasteiger charge is -2.30. The first-order chi connectivity index (χ1) is 16.5. The maximum absolute atomic E-state index is 14.4. The Labute approximate surface area is 207 Å². The van der Waals surface area contributed by atoms with Crippen LogP contribution >= 0.6 is 0 Å². The second-order valence-corrected chi connectivity index (χ2v) is 11.7. The van der Waals surface area contributed by atoms with Crippen molar-refractivity contribution in [3.63, 3.8) is 0 Å². The van der Waals surface area contributed by atoms with Crippen LogP contribution in [0.2, 0.25) is 0 Å². The molecule has 11 heteroatoms. The van der Waals surface area contributed by atoms with Crippen LogP contribution in [-0.4, -0.2) is 44.0 Å². The van der Waals surface area contributed by atoms with Crippen molar-refractivity contribution in [3.8, 4) is 17.2 Å². The second-order valence-electron chi connectivity index (χ2n) is 9.72.